The highest BCUT2D eigenvalue weighted by Gasteiger charge is 2.29. The summed E-state index contributed by atoms with van der Waals surface area (Å²) >= 11 is 0. The van der Waals surface area contributed by atoms with Crippen molar-refractivity contribution >= 4 is 11.5 Å². The quantitative estimate of drug-likeness (QED) is 0.677. The molecule has 0 radical (unpaired) electrons. The lowest BCUT2D eigenvalue weighted by Gasteiger charge is -2.12. The number of aromatic nitrogens is 2. The Morgan fingerprint density at radius 2 is 2.24 bits per heavy atom. The van der Waals surface area contributed by atoms with E-state index >= 15 is 0 Å². The Morgan fingerprint density at radius 3 is 3.00 bits per heavy atom. The monoisotopic (exact) mass is 288 g/mol. The Hall–Kier alpha value is -2.90. The van der Waals surface area contributed by atoms with Crippen molar-refractivity contribution in [1.82, 2.24) is 9.97 Å². The SMILES string of the molecule is COc1ncnc(NC2COc3ccccc32)c1[N+](=O)[O-]. The van der Waals surface area contributed by atoms with Crippen LogP contribution < -0.4 is 14.8 Å². The van der Waals surface area contributed by atoms with Crippen LogP contribution in [0.5, 0.6) is 11.6 Å². The fourth-order valence-electron chi connectivity index (χ4n) is 2.23. The molecule has 0 saturated heterocycles. The Bertz CT molecular complexity index is 692. The van der Waals surface area contributed by atoms with Crippen molar-refractivity contribution in [2.75, 3.05) is 19.0 Å². The number of methoxy groups -OCH3 is 1. The second-order valence-corrected chi connectivity index (χ2v) is 4.38. The molecule has 21 heavy (non-hydrogen) atoms. The van der Waals surface area contributed by atoms with Gasteiger partial charge in [-0.25, -0.2) is 4.98 Å². The Kier molecular flexibility index (Phi) is 3.27. The van der Waals surface area contributed by atoms with Gasteiger partial charge in [0.2, 0.25) is 5.82 Å². The summed E-state index contributed by atoms with van der Waals surface area (Å²) in [6.45, 7) is 0.378. The first-order chi connectivity index (χ1) is 10.2. The van der Waals surface area contributed by atoms with E-state index < -0.39 is 4.92 Å². The fourth-order valence-corrected chi connectivity index (χ4v) is 2.23. The van der Waals surface area contributed by atoms with Crippen molar-refractivity contribution < 1.29 is 14.4 Å². The third kappa shape index (κ3) is 2.31. The van der Waals surface area contributed by atoms with Crippen molar-refractivity contribution in [2.45, 2.75) is 6.04 Å². The smallest absolute Gasteiger partial charge is 0.372 e. The van der Waals surface area contributed by atoms with Gasteiger partial charge in [0.05, 0.1) is 18.1 Å². The third-order valence-corrected chi connectivity index (χ3v) is 3.18. The van der Waals surface area contributed by atoms with Gasteiger partial charge in [0.25, 0.3) is 5.88 Å². The summed E-state index contributed by atoms with van der Waals surface area (Å²) < 4.78 is 10.5. The minimum Gasteiger partial charge on any atom is -0.491 e. The average Bonchev–Trinajstić information content (AvgIpc) is 2.90. The molecule has 2 heterocycles. The van der Waals surface area contributed by atoms with E-state index in [2.05, 4.69) is 15.3 Å². The van der Waals surface area contributed by atoms with Crippen LogP contribution >= 0.6 is 0 Å². The summed E-state index contributed by atoms with van der Waals surface area (Å²) in [5.74, 6) is 0.792. The number of anilines is 1. The molecule has 8 heteroatoms. The molecule has 1 atom stereocenters. The van der Waals surface area contributed by atoms with Gasteiger partial charge in [0.15, 0.2) is 0 Å². The van der Waals surface area contributed by atoms with Crippen LogP contribution in [0.2, 0.25) is 0 Å². The number of rotatable bonds is 4. The normalized spacial score (nSPS) is 16.0. The van der Waals surface area contributed by atoms with E-state index in [0.29, 0.717) is 6.61 Å². The van der Waals surface area contributed by atoms with Crippen molar-refractivity contribution in [3.8, 4) is 11.6 Å². The van der Waals surface area contributed by atoms with Crippen molar-refractivity contribution in [1.29, 1.82) is 0 Å². The topological polar surface area (TPSA) is 99.4 Å². The predicted molar refractivity (Wildman–Crippen MR) is 73.5 cm³/mol. The molecule has 1 aliphatic heterocycles. The molecule has 0 bridgehead atoms. The number of hydrogen-bond donors (Lipinski definition) is 1. The zero-order valence-corrected chi connectivity index (χ0v) is 11.1. The largest absolute Gasteiger partial charge is 0.491 e. The van der Waals surface area contributed by atoms with E-state index in [0.717, 1.165) is 11.3 Å². The van der Waals surface area contributed by atoms with Gasteiger partial charge in [-0.2, -0.15) is 4.98 Å². The van der Waals surface area contributed by atoms with Gasteiger partial charge in [-0.3, -0.25) is 10.1 Å². The van der Waals surface area contributed by atoms with Gasteiger partial charge in [0.1, 0.15) is 18.7 Å². The van der Waals surface area contributed by atoms with Crippen molar-refractivity contribution in [3.05, 3.63) is 46.3 Å². The number of nitrogens with one attached hydrogen (secondary N) is 1. The standard InChI is InChI=1S/C13H12N4O4/c1-20-13-11(17(18)19)12(14-7-15-13)16-9-6-21-10-5-3-2-4-8(9)10/h2-5,7,9H,6H2,1H3,(H,14,15,16). The number of fused-ring (bicyclic) bond motifs is 1. The van der Waals surface area contributed by atoms with Crippen LogP contribution in [0.4, 0.5) is 11.5 Å². The number of nitro groups is 1. The van der Waals surface area contributed by atoms with E-state index in [1.807, 2.05) is 24.3 Å². The number of benzene rings is 1. The molecule has 8 nitrogen and oxygen atoms in total. The van der Waals surface area contributed by atoms with Crippen LogP contribution in [0, 0.1) is 10.1 Å². The second kappa shape index (κ2) is 5.23. The maximum absolute atomic E-state index is 11.2. The first-order valence-electron chi connectivity index (χ1n) is 6.22. The number of hydrogen-bond acceptors (Lipinski definition) is 7. The molecule has 1 aromatic carbocycles. The highest BCUT2D eigenvalue weighted by Crippen LogP contribution is 2.37. The maximum atomic E-state index is 11.2. The Balaban J connectivity index is 1.95. The predicted octanol–water partition coefficient (Wildman–Crippen LogP) is 1.94. The lowest BCUT2D eigenvalue weighted by Crippen LogP contribution is -2.15. The van der Waals surface area contributed by atoms with E-state index in [1.54, 1.807) is 0 Å². The summed E-state index contributed by atoms with van der Waals surface area (Å²) in [6, 6.07) is 7.31. The van der Waals surface area contributed by atoms with Crippen LogP contribution in [0.15, 0.2) is 30.6 Å². The number of nitrogens with zero attached hydrogens (tertiary/aromatic N) is 3. The molecule has 3 rings (SSSR count). The van der Waals surface area contributed by atoms with E-state index in [4.69, 9.17) is 9.47 Å². The van der Waals surface area contributed by atoms with Gasteiger partial charge in [-0.1, -0.05) is 18.2 Å². The minimum atomic E-state index is -0.567. The molecular formula is C13H12N4O4. The average molecular weight is 288 g/mol. The molecule has 1 aliphatic rings. The van der Waals surface area contributed by atoms with Crippen LogP contribution in [0.3, 0.4) is 0 Å². The highest BCUT2D eigenvalue weighted by molar-refractivity contribution is 5.62. The number of para-hydroxylation sites is 1. The van der Waals surface area contributed by atoms with E-state index in [-0.39, 0.29) is 23.4 Å². The van der Waals surface area contributed by atoms with Gasteiger partial charge in [-0.05, 0) is 6.07 Å². The molecular weight excluding hydrogens is 276 g/mol. The third-order valence-electron chi connectivity index (χ3n) is 3.18. The molecule has 1 aromatic heterocycles. The minimum absolute atomic E-state index is 0.0790. The second-order valence-electron chi connectivity index (χ2n) is 4.38. The molecule has 0 saturated carbocycles. The Morgan fingerprint density at radius 1 is 1.43 bits per heavy atom. The van der Waals surface area contributed by atoms with Gasteiger partial charge in [-0.15, -0.1) is 0 Å². The molecule has 1 N–H and O–H groups in total. The molecule has 0 spiro atoms. The van der Waals surface area contributed by atoms with Gasteiger partial charge < -0.3 is 14.8 Å². The highest BCUT2D eigenvalue weighted by atomic mass is 16.6. The molecule has 0 fully saturated rings. The summed E-state index contributed by atoms with van der Waals surface area (Å²) in [6.07, 6.45) is 1.22. The zero-order valence-electron chi connectivity index (χ0n) is 11.1. The Labute approximate surface area is 119 Å². The number of ether oxygens (including phenoxy) is 2. The lowest BCUT2D eigenvalue weighted by molar-refractivity contribution is -0.385. The molecule has 1 unspecified atom stereocenters. The first-order valence-corrected chi connectivity index (χ1v) is 6.22. The maximum Gasteiger partial charge on any atom is 0.372 e. The van der Waals surface area contributed by atoms with Crippen LogP contribution in [0.1, 0.15) is 11.6 Å². The lowest BCUT2D eigenvalue weighted by atomic mass is 10.1. The molecule has 0 amide bonds. The molecule has 108 valence electrons. The summed E-state index contributed by atoms with van der Waals surface area (Å²) in [7, 11) is 1.33. The van der Waals surface area contributed by atoms with E-state index in [9.17, 15) is 10.1 Å². The zero-order chi connectivity index (χ0) is 14.8. The first kappa shape index (κ1) is 13.1. The molecule has 2 aromatic rings. The fraction of sp³-hybridized carbons (Fsp3) is 0.231. The van der Waals surface area contributed by atoms with Crippen molar-refractivity contribution in [2.24, 2.45) is 0 Å². The summed E-state index contributed by atoms with van der Waals surface area (Å²) in [5, 5.41) is 14.2. The summed E-state index contributed by atoms with van der Waals surface area (Å²) in [4.78, 5) is 18.3. The van der Waals surface area contributed by atoms with Gasteiger partial charge >= 0.3 is 5.69 Å². The van der Waals surface area contributed by atoms with Crippen LogP contribution in [-0.2, 0) is 0 Å². The van der Waals surface area contributed by atoms with Crippen LogP contribution in [0.25, 0.3) is 0 Å². The van der Waals surface area contributed by atoms with Crippen LogP contribution in [-0.4, -0.2) is 28.6 Å². The van der Waals surface area contributed by atoms with Crippen molar-refractivity contribution in [3.63, 3.8) is 0 Å². The van der Waals surface area contributed by atoms with Gasteiger partial charge in [0, 0.05) is 5.56 Å². The summed E-state index contributed by atoms with van der Waals surface area (Å²) in [5.41, 5.74) is 0.647. The molecule has 0 aliphatic carbocycles. The van der Waals surface area contributed by atoms with E-state index in [1.165, 1.54) is 13.4 Å².